The van der Waals surface area contributed by atoms with Gasteiger partial charge in [0.15, 0.2) is 11.6 Å². The topological polar surface area (TPSA) is 45.5 Å². The fourth-order valence-electron chi connectivity index (χ4n) is 10.8. The van der Waals surface area contributed by atoms with E-state index in [0.29, 0.717) is 0 Å². The summed E-state index contributed by atoms with van der Waals surface area (Å²) in [4.78, 5) is 0. The number of benzene rings is 10. The Morgan fingerprint density at radius 2 is 0.779 bits per heavy atom. The zero-order valence-electron chi connectivity index (χ0n) is 36.8. The van der Waals surface area contributed by atoms with Crippen molar-refractivity contribution in [1.82, 2.24) is 28.5 Å². The molecule has 6 nitrogen and oxygen atoms in total. The van der Waals surface area contributed by atoms with E-state index in [1.54, 1.807) is 0 Å². The van der Waals surface area contributed by atoms with Crippen LogP contribution in [-0.4, -0.2) is 28.5 Å². The zero-order valence-corrected chi connectivity index (χ0v) is 36.8. The van der Waals surface area contributed by atoms with Gasteiger partial charge in [0.05, 0.1) is 38.8 Å². The third kappa shape index (κ3) is 5.71. The van der Waals surface area contributed by atoms with Crippen molar-refractivity contribution >= 4 is 65.4 Å². The highest BCUT2D eigenvalue weighted by atomic mass is 15.3. The van der Waals surface area contributed by atoms with Crippen molar-refractivity contribution in [3.63, 3.8) is 0 Å². The van der Waals surface area contributed by atoms with Crippen LogP contribution < -0.4 is 0 Å². The molecule has 0 atom stereocenters. The maximum atomic E-state index is 4.89. The Labute approximate surface area is 391 Å². The van der Waals surface area contributed by atoms with Gasteiger partial charge >= 0.3 is 0 Å². The Morgan fingerprint density at radius 1 is 0.265 bits per heavy atom. The lowest BCUT2D eigenvalue weighted by Crippen LogP contribution is -2.01. The maximum absolute atomic E-state index is 4.89. The van der Waals surface area contributed by atoms with Crippen molar-refractivity contribution in [1.29, 1.82) is 0 Å². The van der Waals surface area contributed by atoms with Crippen LogP contribution >= 0.6 is 0 Å². The van der Waals surface area contributed by atoms with Crippen LogP contribution in [0.25, 0.3) is 122 Å². The van der Waals surface area contributed by atoms with Gasteiger partial charge in [0, 0.05) is 66.1 Å². The fourth-order valence-corrected chi connectivity index (χ4v) is 10.8. The molecule has 4 aromatic heterocycles. The molecule has 14 rings (SSSR count). The van der Waals surface area contributed by atoms with Gasteiger partial charge in [0.1, 0.15) is 0 Å². The number of fused-ring (bicyclic) bond motifs is 10. The van der Waals surface area contributed by atoms with E-state index >= 15 is 0 Å². The van der Waals surface area contributed by atoms with E-state index in [9.17, 15) is 0 Å². The summed E-state index contributed by atoms with van der Waals surface area (Å²) in [7, 11) is 0. The molecule has 0 amide bonds. The molecule has 0 radical (unpaired) electrons. The second-order valence-corrected chi connectivity index (χ2v) is 17.4. The Balaban J connectivity index is 0.970. The fraction of sp³-hybridized carbons (Fsp3) is 0. The summed E-state index contributed by atoms with van der Waals surface area (Å²) in [5.41, 5.74) is 15.6. The average molecular weight is 869 g/mol. The maximum Gasteiger partial charge on any atom is 0.168 e. The first kappa shape index (κ1) is 38.1. The molecule has 68 heavy (non-hydrogen) atoms. The number of para-hydroxylation sites is 6. The quantitative estimate of drug-likeness (QED) is 0.160. The molecule has 0 aliphatic rings. The van der Waals surface area contributed by atoms with Gasteiger partial charge in [-0.2, -0.15) is 0 Å². The summed E-state index contributed by atoms with van der Waals surface area (Å²) in [5, 5.41) is 17.0. The molecule has 0 aliphatic heterocycles. The molecule has 0 aliphatic carbocycles. The highest BCUT2D eigenvalue weighted by Crippen LogP contribution is 2.43. The molecule has 0 fully saturated rings. The molecular weight excluding hydrogens is 829 g/mol. The largest absolute Gasteiger partial charge is 0.309 e. The average Bonchev–Trinajstić information content (AvgIpc) is 4.18. The molecule has 0 unspecified atom stereocenters. The Hall–Kier alpha value is -9.26. The predicted molar refractivity (Wildman–Crippen MR) is 281 cm³/mol. The second kappa shape index (κ2) is 15.2. The lowest BCUT2D eigenvalue weighted by Gasteiger charge is -2.16. The minimum absolute atomic E-state index is 0.780. The molecule has 6 heteroatoms. The van der Waals surface area contributed by atoms with Gasteiger partial charge in [0.2, 0.25) is 0 Å². The Bertz CT molecular complexity index is 4250. The van der Waals surface area contributed by atoms with Gasteiger partial charge in [-0.1, -0.05) is 170 Å². The molecule has 0 bridgehead atoms. The minimum Gasteiger partial charge on any atom is -0.309 e. The SMILES string of the molecule is c1ccc(-c2nnc(-c3ccc4c5ccccc5n(-c5ccccc5-c5cccc(-n6c7ccccc7c7c6ccc6c8ccccc8n(-c8ccccc8)c67)c5)c4c3)n2-c2ccccc2)cc1. The monoisotopic (exact) mass is 868 g/mol. The first-order valence-corrected chi connectivity index (χ1v) is 23.1. The van der Waals surface area contributed by atoms with E-state index in [4.69, 9.17) is 10.2 Å². The van der Waals surface area contributed by atoms with Crippen molar-refractivity contribution in [3.8, 4) is 56.7 Å². The van der Waals surface area contributed by atoms with Crippen LogP contribution in [0.15, 0.2) is 243 Å². The summed E-state index contributed by atoms with van der Waals surface area (Å²) in [6, 6.07) is 87.0. The highest BCUT2D eigenvalue weighted by molar-refractivity contribution is 6.26. The Morgan fingerprint density at radius 3 is 1.51 bits per heavy atom. The second-order valence-electron chi connectivity index (χ2n) is 17.4. The molecule has 14 aromatic rings. The summed E-state index contributed by atoms with van der Waals surface area (Å²) in [6.45, 7) is 0. The van der Waals surface area contributed by atoms with E-state index in [1.165, 1.54) is 48.9 Å². The number of hydrogen-bond donors (Lipinski definition) is 0. The minimum atomic E-state index is 0.780. The number of rotatable bonds is 7. The van der Waals surface area contributed by atoms with Crippen LogP contribution in [0.5, 0.6) is 0 Å². The molecular formula is C62H40N6. The number of aromatic nitrogens is 6. The van der Waals surface area contributed by atoms with Crippen LogP contribution in [0, 0.1) is 0 Å². The third-order valence-corrected chi connectivity index (χ3v) is 13.7. The van der Waals surface area contributed by atoms with Crippen molar-refractivity contribution in [2.24, 2.45) is 0 Å². The van der Waals surface area contributed by atoms with Gasteiger partial charge in [0.25, 0.3) is 0 Å². The Kier molecular flexibility index (Phi) is 8.48. The van der Waals surface area contributed by atoms with Crippen LogP contribution in [0.3, 0.4) is 0 Å². The predicted octanol–water partition coefficient (Wildman–Crippen LogP) is 15.6. The smallest absolute Gasteiger partial charge is 0.168 e. The molecule has 4 heterocycles. The van der Waals surface area contributed by atoms with Crippen LogP contribution in [0.1, 0.15) is 0 Å². The summed E-state index contributed by atoms with van der Waals surface area (Å²) in [5.74, 6) is 1.58. The van der Waals surface area contributed by atoms with E-state index in [1.807, 2.05) is 24.3 Å². The van der Waals surface area contributed by atoms with E-state index < -0.39 is 0 Å². The van der Waals surface area contributed by atoms with E-state index in [0.717, 1.165) is 73.2 Å². The van der Waals surface area contributed by atoms with Gasteiger partial charge in [-0.05, 0) is 78.4 Å². The first-order valence-electron chi connectivity index (χ1n) is 23.1. The van der Waals surface area contributed by atoms with Crippen molar-refractivity contribution in [3.05, 3.63) is 243 Å². The molecule has 0 spiro atoms. The van der Waals surface area contributed by atoms with Crippen molar-refractivity contribution < 1.29 is 0 Å². The summed E-state index contributed by atoms with van der Waals surface area (Å²) in [6.07, 6.45) is 0. The number of hydrogen-bond acceptors (Lipinski definition) is 2. The lowest BCUT2D eigenvalue weighted by molar-refractivity contribution is 1.07. The molecule has 10 aromatic carbocycles. The van der Waals surface area contributed by atoms with Gasteiger partial charge in [-0.15, -0.1) is 10.2 Å². The number of nitrogens with zero attached hydrogens (tertiary/aromatic N) is 6. The zero-order chi connectivity index (χ0) is 44.7. The van der Waals surface area contributed by atoms with Gasteiger partial charge < -0.3 is 13.7 Å². The van der Waals surface area contributed by atoms with E-state index in [-0.39, 0.29) is 0 Å². The molecule has 0 N–H and O–H groups in total. The standard InChI is InChI=1S/C62H40N6/c1-4-19-41(20-5-1)61-63-64-62(67(61)45-24-8-3-9-25-45)43-35-36-50-48-28-11-16-33-55(48)68(58(50)40-43)53-31-14-10-27-47(53)42-21-18-26-46(39-42)65-56-34-17-13-30-52(56)59-57(65)38-37-51-49-29-12-15-32-54(49)66(60(51)59)44-22-6-2-7-23-44/h1-40H. The van der Waals surface area contributed by atoms with Crippen molar-refractivity contribution in [2.45, 2.75) is 0 Å². The van der Waals surface area contributed by atoms with Gasteiger partial charge in [-0.25, -0.2) is 0 Å². The summed E-state index contributed by atoms with van der Waals surface area (Å²) < 4.78 is 9.49. The molecule has 0 saturated heterocycles. The van der Waals surface area contributed by atoms with Crippen LogP contribution in [-0.2, 0) is 0 Å². The molecule has 0 saturated carbocycles. The van der Waals surface area contributed by atoms with Crippen LogP contribution in [0.2, 0.25) is 0 Å². The summed E-state index contributed by atoms with van der Waals surface area (Å²) >= 11 is 0. The third-order valence-electron chi connectivity index (χ3n) is 13.7. The highest BCUT2D eigenvalue weighted by Gasteiger charge is 2.23. The van der Waals surface area contributed by atoms with Crippen LogP contribution in [0.4, 0.5) is 0 Å². The normalized spacial score (nSPS) is 11.8. The van der Waals surface area contributed by atoms with E-state index in [2.05, 4.69) is 237 Å². The lowest BCUT2D eigenvalue weighted by atomic mass is 10.0. The first-order chi connectivity index (χ1) is 33.8. The van der Waals surface area contributed by atoms with Crippen molar-refractivity contribution in [2.75, 3.05) is 0 Å². The molecule has 318 valence electrons. The van der Waals surface area contributed by atoms with Gasteiger partial charge in [-0.3, -0.25) is 4.57 Å².